The van der Waals surface area contributed by atoms with Crippen LogP contribution in [-0.4, -0.2) is 30.8 Å². The minimum Gasteiger partial charge on any atom is -0.476 e. The summed E-state index contributed by atoms with van der Waals surface area (Å²) in [6.07, 6.45) is 5.60. The van der Waals surface area contributed by atoms with Gasteiger partial charge in [-0.15, -0.1) is 0 Å². The summed E-state index contributed by atoms with van der Waals surface area (Å²) in [6.45, 7) is 0. The van der Waals surface area contributed by atoms with Crippen LogP contribution >= 0.6 is 0 Å². The van der Waals surface area contributed by atoms with Crippen molar-refractivity contribution in [2.45, 2.75) is 0 Å². The van der Waals surface area contributed by atoms with Crippen molar-refractivity contribution >= 4 is 5.97 Å². The van der Waals surface area contributed by atoms with Crippen molar-refractivity contribution in [1.82, 2.24) is 19.7 Å². The van der Waals surface area contributed by atoms with Crippen molar-refractivity contribution in [3.8, 4) is 5.69 Å². The summed E-state index contributed by atoms with van der Waals surface area (Å²) >= 11 is 0. The SMILES string of the molecule is O=C(O)c1nn(-c2cncnc2)ccc1=O. The van der Waals surface area contributed by atoms with Gasteiger partial charge in [-0.3, -0.25) is 4.79 Å². The Bertz CT molecular complexity index is 579. The maximum atomic E-state index is 11.2. The molecule has 0 spiro atoms. The zero-order valence-corrected chi connectivity index (χ0v) is 7.94. The molecular weight excluding hydrogens is 212 g/mol. The summed E-state index contributed by atoms with van der Waals surface area (Å²) in [5.41, 5.74) is -0.697. The molecule has 7 nitrogen and oxygen atoms in total. The van der Waals surface area contributed by atoms with Gasteiger partial charge in [0, 0.05) is 12.3 Å². The summed E-state index contributed by atoms with van der Waals surface area (Å²) in [5.74, 6) is -1.36. The van der Waals surface area contributed by atoms with Crippen LogP contribution in [0.5, 0.6) is 0 Å². The summed E-state index contributed by atoms with van der Waals surface area (Å²) < 4.78 is 1.23. The quantitative estimate of drug-likeness (QED) is 0.744. The number of carboxylic acids is 1. The van der Waals surface area contributed by atoms with Crippen molar-refractivity contribution < 1.29 is 9.90 Å². The number of aromatic carboxylic acids is 1. The van der Waals surface area contributed by atoms with E-state index >= 15 is 0 Å². The second-order valence-electron chi connectivity index (χ2n) is 2.87. The van der Waals surface area contributed by atoms with E-state index in [2.05, 4.69) is 15.1 Å². The lowest BCUT2D eigenvalue weighted by atomic mass is 10.4. The van der Waals surface area contributed by atoms with Crippen LogP contribution in [0.25, 0.3) is 5.69 Å². The Morgan fingerprint density at radius 1 is 1.31 bits per heavy atom. The largest absolute Gasteiger partial charge is 0.476 e. The van der Waals surface area contributed by atoms with Crippen LogP contribution in [0.15, 0.2) is 35.8 Å². The molecule has 2 aromatic heterocycles. The van der Waals surface area contributed by atoms with E-state index in [4.69, 9.17) is 5.11 Å². The van der Waals surface area contributed by atoms with Crippen LogP contribution in [0, 0.1) is 0 Å². The van der Waals surface area contributed by atoms with Gasteiger partial charge in [0.25, 0.3) is 0 Å². The fourth-order valence-corrected chi connectivity index (χ4v) is 1.11. The fourth-order valence-electron chi connectivity index (χ4n) is 1.11. The Kier molecular flexibility index (Phi) is 2.42. The first-order valence-corrected chi connectivity index (χ1v) is 4.27. The molecule has 0 fully saturated rings. The number of carbonyl (C=O) groups is 1. The van der Waals surface area contributed by atoms with Crippen LogP contribution < -0.4 is 5.43 Å². The average Bonchev–Trinajstić information content (AvgIpc) is 2.30. The first-order chi connectivity index (χ1) is 7.68. The molecule has 0 unspecified atom stereocenters. The maximum absolute atomic E-state index is 11.2. The van der Waals surface area contributed by atoms with Crippen molar-refractivity contribution in [1.29, 1.82) is 0 Å². The molecule has 7 heteroatoms. The van der Waals surface area contributed by atoms with E-state index in [1.165, 1.54) is 29.6 Å². The molecule has 0 saturated carbocycles. The summed E-state index contributed by atoms with van der Waals surface area (Å²) in [6, 6.07) is 1.13. The molecule has 0 aliphatic carbocycles. The lowest BCUT2D eigenvalue weighted by Gasteiger charge is -2.03. The second kappa shape index (κ2) is 3.89. The number of aromatic nitrogens is 4. The lowest BCUT2D eigenvalue weighted by molar-refractivity contribution is 0.0687. The molecule has 0 saturated heterocycles. The van der Waals surface area contributed by atoms with Gasteiger partial charge in [-0.2, -0.15) is 5.10 Å². The maximum Gasteiger partial charge on any atom is 0.360 e. The Morgan fingerprint density at radius 2 is 2.00 bits per heavy atom. The van der Waals surface area contributed by atoms with Gasteiger partial charge < -0.3 is 5.11 Å². The van der Waals surface area contributed by atoms with E-state index in [1.54, 1.807) is 0 Å². The highest BCUT2D eigenvalue weighted by atomic mass is 16.4. The van der Waals surface area contributed by atoms with E-state index in [0.29, 0.717) is 5.69 Å². The summed E-state index contributed by atoms with van der Waals surface area (Å²) in [4.78, 5) is 29.4. The molecule has 16 heavy (non-hydrogen) atoms. The van der Waals surface area contributed by atoms with Crippen LogP contribution in [-0.2, 0) is 0 Å². The molecule has 0 aromatic carbocycles. The first-order valence-electron chi connectivity index (χ1n) is 4.27. The fraction of sp³-hybridized carbons (Fsp3) is 0. The monoisotopic (exact) mass is 218 g/mol. The van der Waals surface area contributed by atoms with Gasteiger partial charge in [-0.1, -0.05) is 0 Å². The van der Waals surface area contributed by atoms with Gasteiger partial charge in [0.2, 0.25) is 11.1 Å². The number of hydrogen-bond donors (Lipinski definition) is 1. The average molecular weight is 218 g/mol. The topological polar surface area (TPSA) is 98.0 Å². The van der Waals surface area contributed by atoms with Crippen LogP contribution in [0.1, 0.15) is 10.5 Å². The molecule has 0 atom stereocenters. The van der Waals surface area contributed by atoms with Crippen molar-refractivity contribution in [3.63, 3.8) is 0 Å². The van der Waals surface area contributed by atoms with E-state index < -0.39 is 17.1 Å². The zero-order valence-electron chi connectivity index (χ0n) is 7.94. The normalized spacial score (nSPS) is 10.0. The molecule has 0 amide bonds. The van der Waals surface area contributed by atoms with Gasteiger partial charge in [0.1, 0.15) is 12.0 Å². The zero-order chi connectivity index (χ0) is 11.5. The summed E-state index contributed by atoms with van der Waals surface area (Å²) in [7, 11) is 0. The van der Waals surface area contributed by atoms with Crippen molar-refractivity contribution in [2.24, 2.45) is 0 Å². The van der Waals surface area contributed by atoms with E-state index in [9.17, 15) is 9.59 Å². The Labute approximate surface area is 89.0 Å². The Balaban J connectivity index is 2.57. The molecular formula is C9H6N4O3. The number of carboxylic acid groups (broad SMARTS) is 1. The van der Waals surface area contributed by atoms with Crippen LogP contribution in [0.4, 0.5) is 0 Å². The number of hydrogen-bond acceptors (Lipinski definition) is 5. The van der Waals surface area contributed by atoms with E-state index in [1.807, 2.05) is 0 Å². The van der Waals surface area contributed by atoms with Crippen LogP contribution in [0.3, 0.4) is 0 Å². The molecule has 80 valence electrons. The van der Waals surface area contributed by atoms with Gasteiger partial charge in [0.05, 0.1) is 12.4 Å². The molecule has 2 rings (SSSR count). The molecule has 0 radical (unpaired) electrons. The van der Waals surface area contributed by atoms with Gasteiger partial charge >= 0.3 is 5.97 Å². The predicted molar refractivity (Wildman–Crippen MR) is 52.4 cm³/mol. The second-order valence-corrected chi connectivity index (χ2v) is 2.87. The highest BCUT2D eigenvalue weighted by Gasteiger charge is 2.11. The van der Waals surface area contributed by atoms with Gasteiger partial charge in [-0.25, -0.2) is 19.4 Å². The molecule has 0 aliphatic rings. The standard InChI is InChI=1S/C9H6N4O3/c14-7-1-2-13(12-8(7)9(15)16)6-3-10-5-11-4-6/h1-5H,(H,15,16). The minimum atomic E-state index is -1.36. The molecule has 1 N–H and O–H groups in total. The molecule has 2 heterocycles. The highest BCUT2D eigenvalue weighted by molar-refractivity contribution is 5.84. The van der Waals surface area contributed by atoms with Gasteiger partial charge in [-0.05, 0) is 0 Å². The van der Waals surface area contributed by atoms with Gasteiger partial charge in [0.15, 0.2) is 0 Å². The lowest BCUT2D eigenvalue weighted by Crippen LogP contribution is -2.20. The Hall–Kier alpha value is -2.57. The minimum absolute atomic E-state index is 0.477. The van der Waals surface area contributed by atoms with Crippen molar-refractivity contribution in [3.05, 3.63) is 46.9 Å². The Morgan fingerprint density at radius 3 is 2.62 bits per heavy atom. The third-order valence-corrected chi connectivity index (χ3v) is 1.82. The molecule has 0 aliphatic heterocycles. The smallest absolute Gasteiger partial charge is 0.360 e. The third kappa shape index (κ3) is 1.78. The molecule has 0 bridgehead atoms. The van der Waals surface area contributed by atoms with Crippen LogP contribution in [0.2, 0.25) is 0 Å². The molecule has 2 aromatic rings. The summed E-state index contributed by atoms with van der Waals surface area (Å²) in [5, 5.41) is 12.4. The van der Waals surface area contributed by atoms with E-state index in [0.717, 1.165) is 6.07 Å². The van der Waals surface area contributed by atoms with Crippen molar-refractivity contribution in [2.75, 3.05) is 0 Å². The highest BCUT2D eigenvalue weighted by Crippen LogP contribution is 1.99. The van der Waals surface area contributed by atoms with E-state index in [-0.39, 0.29) is 0 Å². The number of nitrogens with zero attached hydrogens (tertiary/aromatic N) is 4. The number of rotatable bonds is 2. The first kappa shape index (κ1) is 9.97. The third-order valence-electron chi connectivity index (χ3n) is 1.82. The predicted octanol–water partition coefficient (Wildman–Crippen LogP) is -0.279.